The molecule has 0 aliphatic heterocycles. The molecule has 0 aliphatic carbocycles. The molecule has 0 heterocycles. The predicted molar refractivity (Wildman–Crippen MR) is 130 cm³/mol. The van der Waals surface area contributed by atoms with Crippen LogP contribution < -0.4 is 5.32 Å². The van der Waals surface area contributed by atoms with E-state index in [4.69, 9.17) is 8.85 Å². The Hall–Kier alpha value is 0.531. The summed E-state index contributed by atoms with van der Waals surface area (Å²) in [4.78, 5) is 0. The zero-order valence-corrected chi connectivity index (χ0v) is 23.9. The maximum atomic E-state index is 7.28. The molecular formula is C21H51NO2Si3. The van der Waals surface area contributed by atoms with Crippen LogP contribution in [0.3, 0.4) is 0 Å². The molecule has 0 aromatic heterocycles. The summed E-state index contributed by atoms with van der Waals surface area (Å²) in [6, 6.07) is 1.31. The second-order valence-electron chi connectivity index (χ2n) is 11.0. The molecule has 1 N–H and O–H groups in total. The van der Waals surface area contributed by atoms with Crippen LogP contribution in [0.2, 0.25) is 51.9 Å². The van der Waals surface area contributed by atoms with Gasteiger partial charge in [0.2, 0.25) is 8.32 Å². The van der Waals surface area contributed by atoms with Crippen LogP contribution in [0.25, 0.3) is 0 Å². The molecule has 3 nitrogen and oxygen atoms in total. The molecule has 1 atom stereocenters. The van der Waals surface area contributed by atoms with Gasteiger partial charge < -0.3 is 14.2 Å². The Labute approximate surface area is 174 Å². The van der Waals surface area contributed by atoms with Crippen molar-refractivity contribution in [2.45, 2.75) is 117 Å². The SMILES string of the molecule is CCNCC(C)C[Si](C)(C)C(CC)(CC)O[Si](C)(C)C(C)(C)O[Si](C)(C)C. The monoisotopic (exact) mass is 433 g/mol. The largest absolute Gasteiger partial charge is 0.413 e. The molecule has 0 fully saturated rings. The van der Waals surface area contributed by atoms with Crippen molar-refractivity contribution in [3.63, 3.8) is 0 Å². The lowest BCUT2D eigenvalue weighted by Crippen LogP contribution is -2.67. The van der Waals surface area contributed by atoms with Crippen molar-refractivity contribution in [2.24, 2.45) is 5.92 Å². The average Bonchev–Trinajstić information content (AvgIpc) is 2.47. The average molecular weight is 434 g/mol. The Balaban J connectivity index is 5.66. The third-order valence-corrected chi connectivity index (χ3v) is 16.9. The first-order valence-electron chi connectivity index (χ1n) is 11.1. The highest BCUT2D eigenvalue weighted by atomic mass is 28.4. The maximum absolute atomic E-state index is 7.28. The normalized spacial score (nSPS) is 15.9. The van der Waals surface area contributed by atoms with E-state index in [0.29, 0.717) is 5.92 Å². The van der Waals surface area contributed by atoms with E-state index < -0.39 is 24.7 Å². The summed E-state index contributed by atoms with van der Waals surface area (Å²) >= 11 is 0. The van der Waals surface area contributed by atoms with Gasteiger partial charge in [0, 0.05) is 5.22 Å². The van der Waals surface area contributed by atoms with Crippen molar-refractivity contribution in [3.05, 3.63) is 0 Å². The zero-order valence-electron chi connectivity index (χ0n) is 20.9. The van der Waals surface area contributed by atoms with Gasteiger partial charge in [0.15, 0.2) is 8.32 Å². The van der Waals surface area contributed by atoms with Crippen LogP contribution in [0.1, 0.15) is 54.4 Å². The van der Waals surface area contributed by atoms with Crippen LogP contribution in [0.5, 0.6) is 0 Å². The topological polar surface area (TPSA) is 30.5 Å². The van der Waals surface area contributed by atoms with E-state index >= 15 is 0 Å². The fourth-order valence-corrected chi connectivity index (χ4v) is 15.5. The number of hydrogen-bond donors (Lipinski definition) is 1. The van der Waals surface area contributed by atoms with Gasteiger partial charge in [-0.3, -0.25) is 0 Å². The van der Waals surface area contributed by atoms with Gasteiger partial charge in [-0.05, 0) is 78.4 Å². The molecule has 6 heteroatoms. The van der Waals surface area contributed by atoms with Crippen LogP contribution in [0.4, 0.5) is 0 Å². The standard InChI is InChI=1S/C21H51NO2Si3/c1-14-21(15-2,26(10,11)18-19(4)17-22-16-3)24-27(12,13)20(5,6)23-25(7,8)9/h19,22H,14-18H2,1-13H3. The lowest BCUT2D eigenvalue weighted by Gasteiger charge is -2.54. The van der Waals surface area contributed by atoms with E-state index in [1.54, 1.807) is 0 Å². The fraction of sp³-hybridized carbons (Fsp3) is 1.00. The molecule has 1 unspecified atom stereocenters. The van der Waals surface area contributed by atoms with E-state index in [1.807, 2.05) is 0 Å². The van der Waals surface area contributed by atoms with Crippen molar-refractivity contribution < 1.29 is 8.85 Å². The molecular weight excluding hydrogens is 382 g/mol. The van der Waals surface area contributed by atoms with E-state index in [1.165, 1.54) is 6.04 Å². The van der Waals surface area contributed by atoms with Gasteiger partial charge in [-0.1, -0.05) is 46.8 Å². The van der Waals surface area contributed by atoms with Crippen LogP contribution in [0.15, 0.2) is 0 Å². The van der Waals surface area contributed by atoms with Crippen LogP contribution in [-0.2, 0) is 8.85 Å². The predicted octanol–water partition coefficient (Wildman–Crippen LogP) is 6.43. The second kappa shape index (κ2) is 10.0. The third-order valence-electron chi connectivity index (χ3n) is 6.44. The van der Waals surface area contributed by atoms with E-state index in [9.17, 15) is 0 Å². The first-order valence-corrected chi connectivity index (χ1v) is 20.6. The summed E-state index contributed by atoms with van der Waals surface area (Å²) < 4.78 is 13.9. The third kappa shape index (κ3) is 7.70. The molecule has 164 valence electrons. The molecule has 0 bridgehead atoms. The molecule has 27 heavy (non-hydrogen) atoms. The van der Waals surface area contributed by atoms with Crippen LogP contribution in [0, 0.1) is 5.92 Å². The smallest absolute Gasteiger partial charge is 0.216 e. The fourth-order valence-electron chi connectivity index (χ4n) is 4.51. The van der Waals surface area contributed by atoms with Crippen molar-refractivity contribution in [3.8, 4) is 0 Å². The lowest BCUT2D eigenvalue weighted by molar-refractivity contribution is 0.0746. The quantitative estimate of drug-likeness (QED) is 0.339. The molecule has 0 aromatic carbocycles. The zero-order chi connectivity index (χ0) is 21.7. The van der Waals surface area contributed by atoms with Gasteiger partial charge in [-0.15, -0.1) is 0 Å². The highest BCUT2D eigenvalue weighted by Gasteiger charge is 2.53. The summed E-state index contributed by atoms with van der Waals surface area (Å²) in [5.74, 6) is 0.698. The molecule has 0 rings (SSSR count). The Morgan fingerprint density at radius 2 is 1.33 bits per heavy atom. The molecule has 0 aromatic rings. The van der Waals surface area contributed by atoms with E-state index in [0.717, 1.165) is 25.9 Å². The summed E-state index contributed by atoms with van der Waals surface area (Å²) in [6.07, 6.45) is 2.21. The molecule has 0 aliphatic rings. The number of rotatable bonds is 13. The minimum Gasteiger partial charge on any atom is -0.413 e. The van der Waals surface area contributed by atoms with Crippen LogP contribution >= 0.6 is 0 Å². The van der Waals surface area contributed by atoms with Gasteiger partial charge in [0.1, 0.15) is 0 Å². The van der Waals surface area contributed by atoms with Crippen molar-refractivity contribution in [1.29, 1.82) is 0 Å². The maximum Gasteiger partial charge on any atom is 0.216 e. The summed E-state index contributed by atoms with van der Waals surface area (Å²) in [5.41, 5.74) is 0. The van der Waals surface area contributed by atoms with E-state index in [-0.39, 0.29) is 10.4 Å². The Morgan fingerprint density at radius 3 is 1.70 bits per heavy atom. The van der Waals surface area contributed by atoms with Crippen molar-refractivity contribution in [2.75, 3.05) is 13.1 Å². The molecule has 0 radical (unpaired) electrons. The highest BCUT2D eigenvalue weighted by molar-refractivity contribution is 6.82. The molecule has 0 saturated heterocycles. The van der Waals surface area contributed by atoms with Gasteiger partial charge in [0.25, 0.3) is 0 Å². The first kappa shape index (κ1) is 27.5. The van der Waals surface area contributed by atoms with Gasteiger partial charge in [-0.2, -0.15) is 0 Å². The lowest BCUT2D eigenvalue weighted by atomic mass is 10.2. The van der Waals surface area contributed by atoms with Crippen molar-refractivity contribution in [1.82, 2.24) is 5.32 Å². The van der Waals surface area contributed by atoms with Gasteiger partial charge >= 0.3 is 0 Å². The molecule has 0 saturated carbocycles. The number of nitrogens with one attached hydrogen (secondary N) is 1. The van der Waals surface area contributed by atoms with Crippen molar-refractivity contribution >= 4 is 24.7 Å². The van der Waals surface area contributed by atoms with E-state index in [2.05, 4.69) is 92.7 Å². The number of hydrogen-bond acceptors (Lipinski definition) is 3. The summed E-state index contributed by atoms with van der Waals surface area (Å²) in [6.45, 7) is 32.7. The second-order valence-corrected chi connectivity index (χ2v) is 25.0. The minimum atomic E-state index is -2.07. The first-order chi connectivity index (χ1) is 12.0. The van der Waals surface area contributed by atoms with Gasteiger partial charge in [0.05, 0.1) is 13.3 Å². The Bertz CT molecular complexity index is 441. The minimum absolute atomic E-state index is 0.0310. The van der Waals surface area contributed by atoms with Crippen LogP contribution in [-0.4, -0.2) is 48.2 Å². The Kier molecular flexibility index (Phi) is 10.2. The summed E-state index contributed by atoms with van der Waals surface area (Å²) in [7, 11) is -5.32. The molecule has 0 amide bonds. The highest BCUT2D eigenvalue weighted by Crippen LogP contribution is 2.42. The summed E-state index contributed by atoms with van der Waals surface area (Å²) in [5, 5.41) is 3.39. The molecule has 0 spiro atoms. The Morgan fingerprint density at radius 1 is 0.852 bits per heavy atom. The van der Waals surface area contributed by atoms with Gasteiger partial charge in [-0.25, -0.2) is 0 Å².